The second-order valence-corrected chi connectivity index (χ2v) is 7.01. The van der Waals surface area contributed by atoms with Crippen LogP contribution in [-0.2, 0) is 0 Å². The molecule has 3 aromatic rings. The lowest BCUT2D eigenvalue weighted by molar-refractivity contribution is 0.0709. The molecule has 1 atom stereocenters. The Hall–Kier alpha value is -3.35. The van der Waals surface area contributed by atoms with E-state index in [1.54, 1.807) is 23.1 Å². The highest BCUT2D eigenvalue weighted by Gasteiger charge is 2.35. The van der Waals surface area contributed by atoms with E-state index in [1.165, 1.54) is 0 Å². The number of rotatable bonds is 7. The highest BCUT2D eigenvalue weighted by molar-refractivity contribution is 5.95. The first kappa shape index (κ1) is 19.9. The maximum Gasteiger partial charge on any atom is 0.254 e. The van der Waals surface area contributed by atoms with Crippen LogP contribution < -0.4 is 9.47 Å². The van der Waals surface area contributed by atoms with E-state index in [4.69, 9.17) is 14.0 Å². The third-order valence-corrected chi connectivity index (χ3v) is 5.06. The van der Waals surface area contributed by atoms with Crippen molar-refractivity contribution in [3.63, 3.8) is 0 Å². The van der Waals surface area contributed by atoms with Crippen molar-refractivity contribution < 1.29 is 18.8 Å². The molecule has 0 saturated carbocycles. The minimum absolute atomic E-state index is 0.0824. The monoisotopic (exact) mass is 407 g/mol. The number of hydrogen-bond acceptors (Lipinski definition) is 6. The molecule has 156 valence electrons. The standard InChI is InChI=1S/C23H25N3O4/c1-3-28-19-13-12-17(15-20(19)29-4-2)23(27)26-14-8-11-18(26)22-24-21(25-30-22)16-9-6-5-7-10-16/h5-7,9-10,12-13,15,18H,3-4,8,11,14H2,1-2H3/t18-/m0/s1. The zero-order chi connectivity index (χ0) is 20.9. The molecule has 1 aliphatic rings. The minimum atomic E-state index is -0.232. The summed E-state index contributed by atoms with van der Waals surface area (Å²) in [6, 6.07) is 14.7. The molecule has 2 heterocycles. The maximum absolute atomic E-state index is 13.3. The van der Waals surface area contributed by atoms with E-state index in [-0.39, 0.29) is 11.9 Å². The average molecular weight is 407 g/mol. The Morgan fingerprint density at radius 2 is 1.87 bits per heavy atom. The summed E-state index contributed by atoms with van der Waals surface area (Å²) >= 11 is 0. The maximum atomic E-state index is 13.3. The van der Waals surface area contributed by atoms with Gasteiger partial charge in [0.05, 0.1) is 13.2 Å². The molecular formula is C23H25N3O4. The van der Waals surface area contributed by atoms with Crippen molar-refractivity contribution in [1.29, 1.82) is 0 Å². The summed E-state index contributed by atoms with van der Waals surface area (Å²) in [5.74, 6) is 2.13. The lowest BCUT2D eigenvalue weighted by atomic mass is 10.1. The number of likely N-dealkylation sites (tertiary alicyclic amines) is 1. The molecule has 0 N–H and O–H groups in total. The van der Waals surface area contributed by atoms with E-state index >= 15 is 0 Å². The zero-order valence-corrected chi connectivity index (χ0v) is 17.2. The van der Waals surface area contributed by atoms with Gasteiger partial charge in [-0.1, -0.05) is 35.5 Å². The Morgan fingerprint density at radius 1 is 1.10 bits per heavy atom. The topological polar surface area (TPSA) is 77.7 Å². The van der Waals surface area contributed by atoms with Gasteiger partial charge in [-0.15, -0.1) is 0 Å². The van der Waals surface area contributed by atoms with E-state index in [1.807, 2.05) is 44.2 Å². The van der Waals surface area contributed by atoms with E-state index < -0.39 is 0 Å². The Kier molecular flexibility index (Phi) is 5.97. The second-order valence-electron chi connectivity index (χ2n) is 7.01. The number of aromatic nitrogens is 2. The summed E-state index contributed by atoms with van der Waals surface area (Å²) in [5.41, 5.74) is 1.44. The lowest BCUT2D eigenvalue weighted by Crippen LogP contribution is -2.30. The first-order valence-corrected chi connectivity index (χ1v) is 10.3. The van der Waals surface area contributed by atoms with Crippen molar-refractivity contribution in [1.82, 2.24) is 15.0 Å². The summed E-state index contributed by atoms with van der Waals surface area (Å²) in [5, 5.41) is 4.11. The molecule has 1 saturated heterocycles. The van der Waals surface area contributed by atoms with E-state index in [0.717, 1.165) is 18.4 Å². The fraction of sp³-hybridized carbons (Fsp3) is 0.348. The van der Waals surface area contributed by atoms with Crippen LogP contribution >= 0.6 is 0 Å². The molecule has 7 nitrogen and oxygen atoms in total. The van der Waals surface area contributed by atoms with E-state index in [0.29, 0.717) is 48.5 Å². The molecule has 0 aliphatic carbocycles. The molecule has 0 unspecified atom stereocenters. The largest absolute Gasteiger partial charge is 0.490 e. The molecule has 4 rings (SSSR count). The number of ether oxygens (including phenoxy) is 2. The van der Waals surface area contributed by atoms with Gasteiger partial charge < -0.3 is 18.9 Å². The summed E-state index contributed by atoms with van der Waals surface area (Å²) in [6.07, 6.45) is 1.67. The Bertz CT molecular complexity index is 1000. The molecule has 0 bridgehead atoms. The fourth-order valence-corrected chi connectivity index (χ4v) is 3.69. The first-order valence-electron chi connectivity index (χ1n) is 10.3. The third kappa shape index (κ3) is 4.01. The fourth-order valence-electron chi connectivity index (χ4n) is 3.69. The number of hydrogen-bond donors (Lipinski definition) is 0. The van der Waals surface area contributed by atoms with Gasteiger partial charge in [-0.2, -0.15) is 4.98 Å². The molecular weight excluding hydrogens is 382 g/mol. The van der Waals surface area contributed by atoms with Gasteiger partial charge in [0.1, 0.15) is 6.04 Å². The van der Waals surface area contributed by atoms with Gasteiger partial charge >= 0.3 is 0 Å². The van der Waals surface area contributed by atoms with Crippen LogP contribution in [0.5, 0.6) is 11.5 Å². The van der Waals surface area contributed by atoms with Gasteiger partial charge in [0.15, 0.2) is 11.5 Å². The Balaban J connectivity index is 1.57. The smallest absolute Gasteiger partial charge is 0.254 e. The van der Waals surface area contributed by atoms with Crippen LogP contribution in [0.15, 0.2) is 53.1 Å². The molecule has 0 spiro atoms. The van der Waals surface area contributed by atoms with Crippen LogP contribution in [0.2, 0.25) is 0 Å². The quantitative estimate of drug-likeness (QED) is 0.573. The molecule has 1 amide bonds. The van der Waals surface area contributed by atoms with Crippen LogP contribution in [0.1, 0.15) is 49.0 Å². The highest BCUT2D eigenvalue weighted by atomic mass is 16.5. The SMILES string of the molecule is CCOc1ccc(C(=O)N2CCC[C@H]2c2nc(-c3ccccc3)no2)cc1OCC. The van der Waals surface area contributed by atoms with Crippen molar-refractivity contribution >= 4 is 5.91 Å². The number of benzene rings is 2. The van der Waals surface area contributed by atoms with E-state index in [2.05, 4.69) is 10.1 Å². The van der Waals surface area contributed by atoms with E-state index in [9.17, 15) is 4.79 Å². The number of amides is 1. The van der Waals surface area contributed by atoms with Gasteiger partial charge in [0.2, 0.25) is 11.7 Å². The molecule has 1 aromatic heterocycles. The van der Waals surface area contributed by atoms with Crippen molar-refractivity contribution in [2.45, 2.75) is 32.7 Å². The van der Waals surface area contributed by atoms with Crippen LogP contribution in [0.3, 0.4) is 0 Å². The molecule has 0 radical (unpaired) electrons. The molecule has 2 aromatic carbocycles. The lowest BCUT2D eigenvalue weighted by Gasteiger charge is -2.22. The molecule has 1 aliphatic heterocycles. The normalized spacial score (nSPS) is 15.9. The summed E-state index contributed by atoms with van der Waals surface area (Å²) < 4.78 is 16.8. The number of carbonyl (C=O) groups is 1. The Morgan fingerprint density at radius 3 is 2.63 bits per heavy atom. The number of carbonyl (C=O) groups excluding carboxylic acids is 1. The highest BCUT2D eigenvalue weighted by Crippen LogP contribution is 2.35. The first-order chi connectivity index (χ1) is 14.7. The predicted octanol–water partition coefficient (Wildman–Crippen LogP) is 4.51. The molecule has 1 fully saturated rings. The van der Waals surface area contributed by atoms with Crippen molar-refractivity contribution in [2.24, 2.45) is 0 Å². The van der Waals surface area contributed by atoms with Crippen molar-refractivity contribution in [3.05, 3.63) is 60.0 Å². The minimum Gasteiger partial charge on any atom is -0.490 e. The van der Waals surface area contributed by atoms with Crippen molar-refractivity contribution in [3.8, 4) is 22.9 Å². The summed E-state index contributed by atoms with van der Waals surface area (Å²) in [7, 11) is 0. The van der Waals surface area contributed by atoms with Crippen LogP contribution in [0, 0.1) is 0 Å². The Labute approximate surface area is 175 Å². The van der Waals surface area contributed by atoms with Gasteiger partial charge in [-0.05, 0) is 44.9 Å². The molecule has 7 heteroatoms. The zero-order valence-electron chi connectivity index (χ0n) is 17.2. The van der Waals surface area contributed by atoms with Gasteiger partial charge in [-0.3, -0.25) is 4.79 Å². The summed E-state index contributed by atoms with van der Waals surface area (Å²) in [6.45, 7) is 5.48. The van der Waals surface area contributed by atoms with Gasteiger partial charge in [0, 0.05) is 17.7 Å². The van der Waals surface area contributed by atoms with Crippen LogP contribution in [-0.4, -0.2) is 40.7 Å². The van der Waals surface area contributed by atoms with Gasteiger partial charge in [-0.25, -0.2) is 0 Å². The van der Waals surface area contributed by atoms with Crippen molar-refractivity contribution in [2.75, 3.05) is 19.8 Å². The molecule has 30 heavy (non-hydrogen) atoms. The predicted molar refractivity (Wildman–Crippen MR) is 112 cm³/mol. The number of nitrogens with zero attached hydrogens (tertiary/aromatic N) is 3. The van der Waals surface area contributed by atoms with Crippen LogP contribution in [0.4, 0.5) is 0 Å². The average Bonchev–Trinajstić information content (AvgIpc) is 3.45. The van der Waals surface area contributed by atoms with Crippen LogP contribution in [0.25, 0.3) is 11.4 Å². The third-order valence-electron chi connectivity index (χ3n) is 5.06. The summed E-state index contributed by atoms with van der Waals surface area (Å²) in [4.78, 5) is 19.6. The van der Waals surface area contributed by atoms with Gasteiger partial charge in [0.25, 0.3) is 5.91 Å². The second kappa shape index (κ2) is 8.98.